The summed E-state index contributed by atoms with van der Waals surface area (Å²) >= 11 is -1.17. The molecule has 0 amide bonds. The average Bonchev–Trinajstić information content (AvgIpc) is 2.52. The quantitative estimate of drug-likeness (QED) is 0.245. The fourth-order valence-corrected chi connectivity index (χ4v) is 13.4. The van der Waals surface area contributed by atoms with Crippen LogP contribution in [-0.2, 0) is 16.3 Å². The van der Waals surface area contributed by atoms with Gasteiger partial charge in [-0.15, -0.1) is 0 Å². The first-order valence-electron chi connectivity index (χ1n) is 8.83. The first-order chi connectivity index (χ1) is 13.0. The van der Waals surface area contributed by atoms with Gasteiger partial charge >= 0.3 is 108 Å². The van der Waals surface area contributed by atoms with Gasteiger partial charge < -0.3 is 4.55 Å². The number of hydrogen-bond donors (Lipinski definition) is 0. The number of alkyl halides is 5. The Hall–Kier alpha value is -1.13. The number of hydrogen-bond acceptors (Lipinski definition) is 3. The van der Waals surface area contributed by atoms with E-state index in [4.69, 9.17) is 0 Å². The van der Waals surface area contributed by atoms with Crippen LogP contribution in [0.25, 0.3) is 0 Å². The topological polar surface area (TPSA) is 57.2 Å². The van der Waals surface area contributed by atoms with Crippen LogP contribution < -0.4 is 0 Å². The minimum Gasteiger partial charge on any atom is -0.744 e. The second-order valence-electron chi connectivity index (χ2n) is 8.16. The molecule has 0 N–H and O–H groups in total. The standard InChI is InChI=1S/C14H23I.C7H5F3O3S/c1-13(2,3)15(14(4,5)6)12-10-8-7-9-11-12;8-7(9,10)5-3-1-2-4-6(5)14(11,12)13/h7-11H,1-6H3;1-4H,(H,11,12,13)/p-1. The van der Waals surface area contributed by atoms with E-state index in [-0.39, 0.29) is 0 Å². The minimum absolute atomic E-state index is 0.462. The Morgan fingerprint density at radius 1 is 0.759 bits per heavy atom. The maximum atomic E-state index is 12.2. The Kier molecular flexibility index (Phi) is 8.35. The molecule has 2 aromatic rings. The van der Waals surface area contributed by atoms with Gasteiger partial charge in [0.2, 0.25) is 0 Å². The van der Waals surface area contributed by atoms with Gasteiger partial charge in [0.1, 0.15) is 10.1 Å². The second kappa shape index (κ2) is 9.34. The Bertz CT molecular complexity index is 883. The van der Waals surface area contributed by atoms with Crippen LogP contribution in [-0.4, -0.2) is 19.8 Å². The van der Waals surface area contributed by atoms with Crippen LogP contribution in [0, 0.1) is 3.57 Å². The van der Waals surface area contributed by atoms with Crippen LogP contribution in [0.5, 0.6) is 0 Å². The van der Waals surface area contributed by atoms with E-state index < -0.39 is 46.6 Å². The molecule has 0 unspecified atom stereocenters. The molecule has 0 radical (unpaired) electrons. The molecule has 2 rings (SSSR count). The summed E-state index contributed by atoms with van der Waals surface area (Å²) in [4.78, 5) is -1.24. The van der Waals surface area contributed by atoms with Crippen LogP contribution in [0.2, 0.25) is 0 Å². The van der Waals surface area contributed by atoms with Crippen molar-refractivity contribution in [3.8, 4) is 0 Å². The van der Waals surface area contributed by atoms with Gasteiger partial charge in [-0.05, 0) is 12.1 Å². The molecule has 164 valence electrons. The summed E-state index contributed by atoms with van der Waals surface area (Å²) in [7, 11) is -5.09. The van der Waals surface area contributed by atoms with Crippen LogP contribution >= 0.6 is 19.8 Å². The SMILES string of the molecule is CC(C)(C)I(c1ccccc1)C(C)(C)C.O=S(=O)([O-])c1ccccc1C(F)(F)F. The zero-order chi connectivity index (χ0) is 22.7. The normalized spacial score (nSPS) is 13.4. The smallest absolute Gasteiger partial charge is 0.417 e. The molecule has 0 heterocycles. The molecular formula is C21H27F3IO3S-. The maximum Gasteiger partial charge on any atom is 0.417 e. The summed E-state index contributed by atoms with van der Waals surface area (Å²) in [5.74, 6) is 0. The fraction of sp³-hybridized carbons (Fsp3) is 0.429. The van der Waals surface area contributed by atoms with E-state index in [0.717, 1.165) is 12.1 Å². The summed E-state index contributed by atoms with van der Waals surface area (Å²) in [5.41, 5.74) is -1.44. The Morgan fingerprint density at radius 3 is 1.52 bits per heavy atom. The molecular weight excluding hydrogens is 516 g/mol. The molecule has 0 aliphatic rings. The molecule has 0 fully saturated rings. The summed E-state index contributed by atoms with van der Waals surface area (Å²) in [6.45, 7) is 14.4. The van der Waals surface area contributed by atoms with Gasteiger partial charge in [-0.25, -0.2) is 8.42 Å². The van der Waals surface area contributed by atoms with Gasteiger partial charge in [-0.3, -0.25) is 0 Å². The summed E-state index contributed by atoms with van der Waals surface area (Å²) in [6, 6.07) is 14.4. The predicted molar refractivity (Wildman–Crippen MR) is 118 cm³/mol. The van der Waals surface area contributed by atoms with E-state index in [1.165, 1.54) is 0 Å². The first-order valence-corrected chi connectivity index (χ1v) is 13.5. The molecule has 0 atom stereocenters. The van der Waals surface area contributed by atoms with Crippen molar-refractivity contribution in [1.29, 1.82) is 0 Å². The minimum atomic E-state index is -5.09. The second-order valence-corrected chi connectivity index (χ2v) is 18.8. The molecule has 0 aliphatic heterocycles. The van der Waals surface area contributed by atoms with Gasteiger partial charge in [0.15, 0.2) is 0 Å². The van der Waals surface area contributed by atoms with E-state index in [1.807, 2.05) is 0 Å². The number of benzene rings is 2. The largest absolute Gasteiger partial charge is 0.744 e. The maximum absolute atomic E-state index is 12.2. The van der Waals surface area contributed by atoms with Gasteiger partial charge in [0.25, 0.3) is 0 Å². The van der Waals surface area contributed by atoms with Crippen molar-refractivity contribution in [3.63, 3.8) is 0 Å². The number of rotatable bonds is 2. The first kappa shape index (κ1) is 25.9. The Balaban J connectivity index is 0.000000291. The summed E-state index contributed by atoms with van der Waals surface area (Å²) in [6.07, 6.45) is -4.84. The molecule has 0 saturated carbocycles. The van der Waals surface area contributed by atoms with Crippen molar-refractivity contribution < 1.29 is 26.1 Å². The van der Waals surface area contributed by atoms with Gasteiger partial charge in [-0.2, -0.15) is 13.2 Å². The van der Waals surface area contributed by atoms with Crippen molar-refractivity contribution in [2.24, 2.45) is 0 Å². The van der Waals surface area contributed by atoms with E-state index >= 15 is 0 Å². The van der Waals surface area contributed by atoms with E-state index in [2.05, 4.69) is 71.9 Å². The predicted octanol–water partition coefficient (Wildman–Crippen LogP) is 6.57. The third-order valence-electron chi connectivity index (χ3n) is 3.55. The molecule has 0 bridgehead atoms. The van der Waals surface area contributed by atoms with Crippen molar-refractivity contribution in [2.45, 2.75) is 59.5 Å². The van der Waals surface area contributed by atoms with Gasteiger partial charge in [0, 0.05) is 0 Å². The Labute approximate surface area is 178 Å². The monoisotopic (exact) mass is 543 g/mol. The molecule has 0 saturated heterocycles. The van der Waals surface area contributed by atoms with E-state index in [9.17, 15) is 26.1 Å². The van der Waals surface area contributed by atoms with Crippen LogP contribution in [0.4, 0.5) is 13.2 Å². The van der Waals surface area contributed by atoms with E-state index in [0.29, 0.717) is 19.0 Å². The van der Waals surface area contributed by atoms with Gasteiger partial charge in [-0.1, -0.05) is 12.1 Å². The molecule has 2 aromatic carbocycles. The number of halogens is 4. The molecule has 3 nitrogen and oxygen atoms in total. The van der Waals surface area contributed by atoms with Gasteiger partial charge in [0.05, 0.1) is 10.5 Å². The van der Waals surface area contributed by atoms with Crippen molar-refractivity contribution in [1.82, 2.24) is 0 Å². The molecule has 29 heavy (non-hydrogen) atoms. The molecule has 0 spiro atoms. The third kappa shape index (κ3) is 7.90. The average molecular weight is 543 g/mol. The van der Waals surface area contributed by atoms with Crippen LogP contribution in [0.3, 0.4) is 0 Å². The Morgan fingerprint density at radius 2 is 1.17 bits per heavy atom. The fourth-order valence-electron chi connectivity index (χ4n) is 2.96. The summed E-state index contributed by atoms with van der Waals surface area (Å²) < 4.78 is 70.4. The van der Waals surface area contributed by atoms with Crippen molar-refractivity contribution in [2.75, 3.05) is 0 Å². The van der Waals surface area contributed by atoms with E-state index in [1.54, 1.807) is 3.57 Å². The van der Waals surface area contributed by atoms with Crippen LogP contribution in [0.15, 0.2) is 59.5 Å². The zero-order valence-corrected chi connectivity index (χ0v) is 20.3. The van der Waals surface area contributed by atoms with Crippen molar-refractivity contribution in [3.05, 3.63) is 63.7 Å². The molecule has 0 aromatic heterocycles. The zero-order valence-electron chi connectivity index (χ0n) is 17.3. The third-order valence-corrected chi connectivity index (χ3v) is 12.9. The summed E-state index contributed by atoms with van der Waals surface area (Å²) in [5, 5.41) is 0. The molecule has 0 aliphatic carbocycles. The van der Waals surface area contributed by atoms with Crippen molar-refractivity contribution >= 4 is 29.9 Å². The van der Waals surface area contributed by atoms with Crippen LogP contribution in [0.1, 0.15) is 47.1 Å². The molecule has 8 heteroatoms.